The summed E-state index contributed by atoms with van der Waals surface area (Å²) in [6, 6.07) is 4.43. The molecule has 18 heavy (non-hydrogen) atoms. The molecule has 1 aromatic carbocycles. The average Bonchev–Trinajstić information content (AvgIpc) is 2.27. The van der Waals surface area contributed by atoms with E-state index in [0.717, 1.165) is 18.2 Å². The molecule has 0 spiro atoms. The number of nitrogens with one attached hydrogen (secondary N) is 1. The third kappa shape index (κ3) is 2.22. The first kappa shape index (κ1) is 11.8. The number of hydrogen-bond donors (Lipinski definition) is 3. The maximum absolute atomic E-state index is 13.1. The summed E-state index contributed by atoms with van der Waals surface area (Å²) in [5.41, 5.74) is -0.629. The van der Waals surface area contributed by atoms with Crippen LogP contribution < -0.4 is 5.56 Å². The summed E-state index contributed by atoms with van der Waals surface area (Å²) in [7, 11) is 0. The van der Waals surface area contributed by atoms with Gasteiger partial charge >= 0.3 is 5.97 Å². The van der Waals surface area contributed by atoms with Gasteiger partial charge in [0.25, 0.3) is 5.56 Å². The normalized spacial score (nSPS) is 10.3. The minimum atomic E-state index is -1.38. The summed E-state index contributed by atoms with van der Waals surface area (Å²) in [5, 5.41) is 18.1. The molecule has 0 atom stereocenters. The number of phenols is 1. The lowest BCUT2D eigenvalue weighted by Crippen LogP contribution is -2.16. The van der Waals surface area contributed by atoms with E-state index in [1.165, 1.54) is 12.3 Å². The number of aromatic nitrogens is 1. The van der Waals surface area contributed by atoms with Gasteiger partial charge in [-0.1, -0.05) is 0 Å². The molecule has 2 aromatic rings. The van der Waals surface area contributed by atoms with Gasteiger partial charge in [0.05, 0.1) is 0 Å². The van der Waals surface area contributed by atoms with Gasteiger partial charge in [-0.25, -0.2) is 9.18 Å². The van der Waals surface area contributed by atoms with Gasteiger partial charge in [-0.3, -0.25) is 4.79 Å². The van der Waals surface area contributed by atoms with Crippen molar-refractivity contribution in [2.75, 3.05) is 0 Å². The molecule has 1 heterocycles. The fourth-order valence-corrected chi connectivity index (χ4v) is 1.55. The number of benzene rings is 1. The molecule has 3 N–H and O–H groups in total. The largest absolute Gasteiger partial charge is 0.508 e. The summed E-state index contributed by atoms with van der Waals surface area (Å²) in [5.74, 6) is -2.32. The minimum absolute atomic E-state index is 0.270. The zero-order chi connectivity index (χ0) is 13.3. The van der Waals surface area contributed by atoms with Crippen molar-refractivity contribution in [3.8, 4) is 16.9 Å². The van der Waals surface area contributed by atoms with E-state index in [2.05, 4.69) is 4.98 Å². The van der Waals surface area contributed by atoms with Crippen LogP contribution in [0, 0.1) is 5.82 Å². The summed E-state index contributed by atoms with van der Waals surface area (Å²) in [4.78, 5) is 24.3. The van der Waals surface area contributed by atoms with Crippen LogP contribution in [0.4, 0.5) is 4.39 Å². The fraction of sp³-hybridized carbons (Fsp3) is 0. The highest BCUT2D eigenvalue weighted by molar-refractivity contribution is 5.88. The number of pyridine rings is 1. The van der Waals surface area contributed by atoms with Gasteiger partial charge in [-0.15, -0.1) is 0 Å². The third-order valence-corrected chi connectivity index (χ3v) is 2.35. The maximum atomic E-state index is 13.1. The van der Waals surface area contributed by atoms with E-state index < -0.39 is 22.9 Å². The van der Waals surface area contributed by atoms with E-state index in [9.17, 15) is 19.1 Å². The van der Waals surface area contributed by atoms with Crippen LogP contribution >= 0.6 is 0 Å². The zero-order valence-electron chi connectivity index (χ0n) is 8.98. The van der Waals surface area contributed by atoms with Crippen LogP contribution in [0.2, 0.25) is 0 Å². The summed E-state index contributed by atoms with van der Waals surface area (Å²) in [6.07, 6.45) is 1.25. The van der Waals surface area contributed by atoms with Gasteiger partial charge in [-0.2, -0.15) is 0 Å². The van der Waals surface area contributed by atoms with Crippen LogP contribution in [0.15, 0.2) is 35.3 Å². The van der Waals surface area contributed by atoms with Crippen molar-refractivity contribution in [3.05, 3.63) is 52.2 Å². The maximum Gasteiger partial charge on any atom is 0.341 e. The van der Waals surface area contributed by atoms with Crippen LogP contribution in [0.25, 0.3) is 11.1 Å². The number of carboxylic acids is 1. The Kier molecular flexibility index (Phi) is 2.85. The molecule has 2 rings (SSSR count). The first-order valence-corrected chi connectivity index (χ1v) is 4.93. The Morgan fingerprint density at radius 1 is 1.17 bits per heavy atom. The predicted molar refractivity (Wildman–Crippen MR) is 61.1 cm³/mol. The number of phenolic OH excluding ortho intramolecular Hbond substituents is 1. The van der Waals surface area contributed by atoms with Gasteiger partial charge in [0.1, 0.15) is 17.1 Å². The Morgan fingerprint density at radius 3 is 2.50 bits per heavy atom. The highest BCUT2D eigenvalue weighted by Gasteiger charge is 2.11. The number of halogens is 1. The minimum Gasteiger partial charge on any atom is -0.508 e. The van der Waals surface area contributed by atoms with Crippen molar-refractivity contribution in [2.24, 2.45) is 0 Å². The van der Waals surface area contributed by atoms with Crippen molar-refractivity contribution in [3.63, 3.8) is 0 Å². The number of carboxylic acid groups (broad SMARTS) is 1. The number of rotatable bonds is 2. The van der Waals surface area contributed by atoms with Crippen LogP contribution in [0.5, 0.6) is 5.75 Å². The highest BCUT2D eigenvalue weighted by atomic mass is 19.1. The molecular weight excluding hydrogens is 241 g/mol. The predicted octanol–water partition coefficient (Wildman–Crippen LogP) is 1.58. The van der Waals surface area contributed by atoms with Crippen molar-refractivity contribution >= 4 is 5.97 Å². The SMILES string of the molecule is O=C(O)c1cc(-c2cc(O)cc(F)c2)c[nH]c1=O. The second-order valence-electron chi connectivity index (χ2n) is 3.63. The van der Waals surface area contributed by atoms with Crippen molar-refractivity contribution < 1.29 is 19.4 Å². The van der Waals surface area contributed by atoms with E-state index in [1.54, 1.807) is 0 Å². The molecule has 6 heteroatoms. The van der Waals surface area contributed by atoms with Crippen LogP contribution in [0.1, 0.15) is 10.4 Å². The Bertz CT molecular complexity index is 658. The third-order valence-electron chi connectivity index (χ3n) is 2.35. The van der Waals surface area contributed by atoms with Crippen molar-refractivity contribution in [1.29, 1.82) is 0 Å². The van der Waals surface area contributed by atoms with Crippen LogP contribution in [-0.2, 0) is 0 Å². The molecule has 5 nitrogen and oxygen atoms in total. The van der Waals surface area contributed by atoms with E-state index in [4.69, 9.17) is 5.11 Å². The van der Waals surface area contributed by atoms with E-state index in [1.807, 2.05) is 0 Å². The first-order chi connectivity index (χ1) is 8.47. The quantitative estimate of drug-likeness (QED) is 0.753. The molecule has 0 fully saturated rings. The molecule has 0 aliphatic carbocycles. The van der Waals surface area contributed by atoms with E-state index >= 15 is 0 Å². The Labute approximate surface area is 100 Å². The molecule has 0 bridgehead atoms. The molecule has 0 aliphatic heterocycles. The Morgan fingerprint density at radius 2 is 1.89 bits per heavy atom. The van der Waals surface area contributed by atoms with E-state index in [0.29, 0.717) is 5.56 Å². The van der Waals surface area contributed by atoms with Gasteiger partial charge < -0.3 is 15.2 Å². The Balaban J connectivity index is 2.61. The molecule has 0 radical (unpaired) electrons. The second kappa shape index (κ2) is 4.33. The van der Waals surface area contributed by atoms with Crippen LogP contribution in [-0.4, -0.2) is 21.2 Å². The summed E-state index contributed by atoms with van der Waals surface area (Å²) >= 11 is 0. The molecule has 0 saturated heterocycles. The second-order valence-corrected chi connectivity index (χ2v) is 3.63. The molecule has 0 unspecified atom stereocenters. The van der Waals surface area contributed by atoms with Crippen molar-refractivity contribution in [1.82, 2.24) is 4.98 Å². The fourth-order valence-electron chi connectivity index (χ4n) is 1.55. The van der Waals surface area contributed by atoms with Crippen LogP contribution in [0.3, 0.4) is 0 Å². The van der Waals surface area contributed by atoms with Crippen molar-refractivity contribution in [2.45, 2.75) is 0 Å². The highest BCUT2D eigenvalue weighted by Crippen LogP contribution is 2.24. The number of H-pyrrole nitrogens is 1. The molecular formula is C12H8FNO4. The van der Waals surface area contributed by atoms with Gasteiger partial charge in [0.15, 0.2) is 0 Å². The number of carbonyl (C=O) groups is 1. The summed E-state index contributed by atoms with van der Waals surface area (Å²) < 4.78 is 13.1. The number of aromatic carboxylic acids is 1. The number of aromatic amines is 1. The summed E-state index contributed by atoms with van der Waals surface area (Å²) in [6.45, 7) is 0. The number of hydrogen-bond acceptors (Lipinski definition) is 3. The number of aromatic hydroxyl groups is 1. The molecule has 1 aromatic heterocycles. The lowest BCUT2D eigenvalue weighted by molar-refractivity contribution is 0.0695. The van der Waals surface area contributed by atoms with Gasteiger partial charge in [0, 0.05) is 12.3 Å². The lowest BCUT2D eigenvalue weighted by Gasteiger charge is -2.04. The Hall–Kier alpha value is -2.63. The molecule has 0 amide bonds. The monoisotopic (exact) mass is 249 g/mol. The lowest BCUT2D eigenvalue weighted by atomic mass is 10.1. The smallest absolute Gasteiger partial charge is 0.341 e. The molecule has 0 saturated carbocycles. The molecule has 0 aliphatic rings. The topological polar surface area (TPSA) is 90.4 Å². The zero-order valence-corrected chi connectivity index (χ0v) is 8.98. The average molecular weight is 249 g/mol. The standard InChI is InChI=1S/C12H8FNO4/c13-8-1-6(2-9(15)4-8)7-3-10(12(17)18)11(16)14-5-7/h1-5,15H,(H,14,16)(H,17,18). The first-order valence-electron chi connectivity index (χ1n) is 4.93. The van der Waals surface area contributed by atoms with E-state index in [-0.39, 0.29) is 11.3 Å². The van der Waals surface area contributed by atoms with Gasteiger partial charge in [0.2, 0.25) is 0 Å². The van der Waals surface area contributed by atoms with Gasteiger partial charge in [-0.05, 0) is 29.3 Å². The molecule has 92 valence electrons.